The van der Waals surface area contributed by atoms with Crippen molar-refractivity contribution in [3.63, 3.8) is 0 Å². The molecule has 0 saturated carbocycles. The highest BCUT2D eigenvalue weighted by Crippen LogP contribution is 2.19. The van der Waals surface area contributed by atoms with Crippen LogP contribution in [0.25, 0.3) is 0 Å². The zero-order valence-corrected chi connectivity index (χ0v) is 14.7. The number of hydrogen-bond donors (Lipinski definition) is 1. The van der Waals surface area contributed by atoms with E-state index in [1.807, 2.05) is 36.7 Å². The van der Waals surface area contributed by atoms with Crippen LogP contribution in [0.4, 0.5) is 5.82 Å². The van der Waals surface area contributed by atoms with E-state index in [0.29, 0.717) is 19.1 Å². The Kier molecular flexibility index (Phi) is 5.77. The van der Waals surface area contributed by atoms with Gasteiger partial charge in [0.15, 0.2) is 5.82 Å². The fourth-order valence-electron chi connectivity index (χ4n) is 3.00. The number of anilines is 1. The summed E-state index contributed by atoms with van der Waals surface area (Å²) in [7, 11) is 2.02. The third kappa shape index (κ3) is 4.52. The third-order valence-electron chi connectivity index (χ3n) is 4.33. The zero-order valence-electron chi connectivity index (χ0n) is 13.9. The van der Waals surface area contributed by atoms with Gasteiger partial charge in [0.25, 0.3) is 0 Å². The molecule has 24 heavy (non-hydrogen) atoms. The van der Waals surface area contributed by atoms with Crippen molar-refractivity contribution in [3.05, 3.63) is 40.7 Å². The van der Waals surface area contributed by atoms with Crippen LogP contribution in [-0.2, 0) is 11.3 Å². The average Bonchev–Trinajstić information content (AvgIpc) is 3.14. The molecule has 1 saturated heterocycles. The number of nitrogens with zero attached hydrogens (tertiary/aromatic N) is 4. The summed E-state index contributed by atoms with van der Waals surface area (Å²) < 4.78 is 0. The smallest absolute Gasteiger partial charge is 0.234 e. The molecule has 2 aromatic rings. The van der Waals surface area contributed by atoms with E-state index in [4.69, 9.17) is 0 Å². The van der Waals surface area contributed by atoms with Gasteiger partial charge < -0.3 is 10.2 Å². The first-order valence-electron chi connectivity index (χ1n) is 8.24. The summed E-state index contributed by atoms with van der Waals surface area (Å²) >= 11 is 1.66. The zero-order chi connectivity index (χ0) is 16.8. The maximum Gasteiger partial charge on any atom is 0.234 e. The van der Waals surface area contributed by atoms with Crippen LogP contribution >= 0.6 is 11.3 Å². The Morgan fingerprint density at radius 3 is 3.12 bits per heavy atom. The highest BCUT2D eigenvalue weighted by atomic mass is 32.1. The summed E-state index contributed by atoms with van der Waals surface area (Å²) in [5, 5.41) is 13.2. The number of thiophene rings is 1. The lowest BCUT2D eigenvalue weighted by Crippen LogP contribution is -2.49. The standard InChI is InChI=1S/C17H23N5OS/c1-21(13-17(23)18-11-15-6-4-10-24-15)14-5-3-9-22(12-14)16-7-2-8-19-20-16/h2,4,6-8,10,14H,3,5,9,11-13H2,1H3,(H,18,23)/t14-/m1/s1. The highest BCUT2D eigenvalue weighted by Gasteiger charge is 2.25. The largest absolute Gasteiger partial charge is 0.354 e. The lowest BCUT2D eigenvalue weighted by atomic mass is 10.0. The summed E-state index contributed by atoms with van der Waals surface area (Å²) in [6.07, 6.45) is 3.89. The maximum absolute atomic E-state index is 12.2. The molecule has 1 atom stereocenters. The fourth-order valence-corrected chi connectivity index (χ4v) is 3.64. The molecule has 0 spiro atoms. The summed E-state index contributed by atoms with van der Waals surface area (Å²) in [4.78, 5) is 17.7. The lowest BCUT2D eigenvalue weighted by Gasteiger charge is -2.37. The van der Waals surface area contributed by atoms with Crippen LogP contribution in [0.2, 0.25) is 0 Å². The average molecular weight is 345 g/mol. The van der Waals surface area contributed by atoms with E-state index in [9.17, 15) is 4.79 Å². The van der Waals surface area contributed by atoms with E-state index >= 15 is 0 Å². The first-order valence-corrected chi connectivity index (χ1v) is 9.12. The highest BCUT2D eigenvalue weighted by molar-refractivity contribution is 7.09. The van der Waals surface area contributed by atoms with Gasteiger partial charge in [-0.05, 0) is 43.5 Å². The van der Waals surface area contributed by atoms with E-state index in [1.165, 1.54) is 4.88 Å². The molecule has 0 bridgehead atoms. The Morgan fingerprint density at radius 1 is 1.46 bits per heavy atom. The number of carbonyl (C=O) groups excluding carboxylic acids is 1. The second-order valence-corrected chi connectivity index (χ2v) is 7.13. The molecule has 0 aromatic carbocycles. The van der Waals surface area contributed by atoms with Gasteiger partial charge in [0.2, 0.25) is 5.91 Å². The maximum atomic E-state index is 12.2. The first-order chi connectivity index (χ1) is 11.7. The van der Waals surface area contributed by atoms with Gasteiger partial charge in [-0.3, -0.25) is 9.69 Å². The molecule has 1 aliphatic rings. The molecule has 0 unspecified atom stereocenters. The van der Waals surface area contributed by atoms with E-state index < -0.39 is 0 Å². The molecule has 1 amide bonds. The van der Waals surface area contributed by atoms with Crippen LogP contribution in [0.3, 0.4) is 0 Å². The van der Waals surface area contributed by atoms with Crippen molar-refractivity contribution < 1.29 is 4.79 Å². The van der Waals surface area contributed by atoms with Crippen molar-refractivity contribution in [2.24, 2.45) is 0 Å². The second kappa shape index (κ2) is 8.21. The van der Waals surface area contributed by atoms with Gasteiger partial charge >= 0.3 is 0 Å². The van der Waals surface area contributed by atoms with Crippen LogP contribution in [0, 0.1) is 0 Å². The fraction of sp³-hybridized carbons (Fsp3) is 0.471. The van der Waals surface area contributed by atoms with Crippen molar-refractivity contribution in [1.29, 1.82) is 0 Å². The van der Waals surface area contributed by atoms with Gasteiger partial charge in [-0.25, -0.2) is 0 Å². The van der Waals surface area contributed by atoms with E-state index in [2.05, 4.69) is 25.3 Å². The Hall–Kier alpha value is -1.99. The molecule has 6 nitrogen and oxygen atoms in total. The van der Waals surface area contributed by atoms with Crippen LogP contribution in [0.15, 0.2) is 35.8 Å². The quantitative estimate of drug-likeness (QED) is 0.864. The van der Waals surface area contributed by atoms with Crippen LogP contribution in [0.5, 0.6) is 0 Å². The molecule has 3 heterocycles. The van der Waals surface area contributed by atoms with Crippen molar-refractivity contribution in [2.45, 2.75) is 25.4 Å². The molecule has 128 valence electrons. The van der Waals surface area contributed by atoms with Crippen LogP contribution < -0.4 is 10.2 Å². The first kappa shape index (κ1) is 16.9. The van der Waals surface area contributed by atoms with Gasteiger partial charge in [-0.15, -0.1) is 16.4 Å². The van der Waals surface area contributed by atoms with Crippen LogP contribution in [-0.4, -0.2) is 53.7 Å². The normalized spacial score (nSPS) is 17.9. The number of carbonyl (C=O) groups is 1. The molecular formula is C17H23N5OS. The van der Waals surface area contributed by atoms with Gasteiger partial charge in [0.05, 0.1) is 13.1 Å². The molecule has 7 heteroatoms. The topological polar surface area (TPSA) is 61.4 Å². The molecule has 0 aliphatic carbocycles. The van der Waals surface area contributed by atoms with Crippen molar-refractivity contribution in [1.82, 2.24) is 20.4 Å². The lowest BCUT2D eigenvalue weighted by molar-refractivity contribution is -0.122. The van der Waals surface area contributed by atoms with Crippen LogP contribution in [0.1, 0.15) is 17.7 Å². The van der Waals surface area contributed by atoms with Crippen molar-refractivity contribution in [2.75, 3.05) is 31.6 Å². The number of piperidine rings is 1. The molecule has 1 fully saturated rings. The Labute approximate surface area is 146 Å². The third-order valence-corrected chi connectivity index (χ3v) is 5.21. The summed E-state index contributed by atoms with van der Waals surface area (Å²) in [6.45, 7) is 2.91. The minimum Gasteiger partial charge on any atom is -0.354 e. The predicted octanol–water partition coefficient (Wildman–Crippen LogP) is 1.76. The number of rotatable bonds is 6. The Bertz CT molecular complexity index is 634. The molecule has 0 radical (unpaired) electrons. The number of aromatic nitrogens is 2. The minimum absolute atomic E-state index is 0.0718. The van der Waals surface area contributed by atoms with Gasteiger partial charge in [0.1, 0.15) is 0 Å². The van der Waals surface area contributed by atoms with Crippen molar-refractivity contribution in [3.8, 4) is 0 Å². The van der Waals surface area contributed by atoms with Gasteiger partial charge in [-0.2, -0.15) is 5.10 Å². The summed E-state index contributed by atoms with van der Waals surface area (Å²) in [6, 6.07) is 8.29. The summed E-state index contributed by atoms with van der Waals surface area (Å²) in [5.74, 6) is 0.986. The number of nitrogens with one attached hydrogen (secondary N) is 1. The molecule has 1 aliphatic heterocycles. The molecule has 3 rings (SSSR count). The van der Waals surface area contributed by atoms with Crippen molar-refractivity contribution >= 4 is 23.1 Å². The Balaban J connectivity index is 1.49. The summed E-state index contributed by atoms with van der Waals surface area (Å²) in [5.41, 5.74) is 0. The monoisotopic (exact) mass is 345 g/mol. The minimum atomic E-state index is 0.0718. The van der Waals surface area contributed by atoms with E-state index in [1.54, 1.807) is 17.5 Å². The molecular weight excluding hydrogens is 322 g/mol. The second-order valence-electron chi connectivity index (χ2n) is 6.10. The van der Waals surface area contributed by atoms with E-state index in [0.717, 1.165) is 31.7 Å². The van der Waals surface area contributed by atoms with E-state index in [-0.39, 0.29) is 5.91 Å². The predicted molar refractivity (Wildman–Crippen MR) is 96.1 cm³/mol. The Morgan fingerprint density at radius 2 is 2.38 bits per heavy atom. The van der Waals surface area contributed by atoms with Gasteiger partial charge in [0, 0.05) is 30.2 Å². The number of amides is 1. The number of likely N-dealkylation sites (N-methyl/N-ethyl adjacent to an activating group) is 1. The van der Waals surface area contributed by atoms with Gasteiger partial charge in [-0.1, -0.05) is 6.07 Å². The molecule has 1 N–H and O–H groups in total. The molecule has 2 aromatic heterocycles. The number of hydrogen-bond acceptors (Lipinski definition) is 6. The SMILES string of the molecule is CN(CC(=O)NCc1cccs1)[C@@H]1CCCN(c2cccnn2)C1.